The maximum atomic E-state index is 13.7. The number of carbonyl (C=O) groups excluding carboxylic acids is 2. The normalized spacial score (nSPS) is 17.2. The second kappa shape index (κ2) is 7.42. The van der Waals surface area contributed by atoms with Gasteiger partial charge in [-0.3, -0.25) is 14.6 Å². The molecule has 1 aliphatic rings. The maximum Gasteiger partial charge on any atom is 0.257 e. The van der Waals surface area contributed by atoms with Crippen molar-refractivity contribution in [3.63, 3.8) is 0 Å². The Morgan fingerprint density at radius 2 is 2.00 bits per heavy atom. The number of carbonyl (C=O) groups is 2. The topological polar surface area (TPSA) is 62.3 Å². The van der Waals surface area contributed by atoms with E-state index in [2.05, 4.69) is 17.2 Å². The van der Waals surface area contributed by atoms with Gasteiger partial charge in [0.2, 0.25) is 0 Å². The number of piperidine rings is 1. The fourth-order valence-corrected chi connectivity index (χ4v) is 2.99. The Morgan fingerprint density at radius 1 is 1.24 bits per heavy atom. The van der Waals surface area contributed by atoms with Crippen LogP contribution in [0.5, 0.6) is 0 Å². The zero-order valence-corrected chi connectivity index (χ0v) is 14.0. The van der Waals surface area contributed by atoms with Gasteiger partial charge in [0.05, 0.1) is 16.8 Å². The first-order valence-corrected chi connectivity index (χ1v) is 8.35. The predicted molar refractivity (Wildman–Crippen MR) is 92.9 cm³/mol. The van der Waals surface area contributed by atoms with Gasteiger partial charge in [0.1, 0.15) is 5.82 Å². The van der Waals surface area contributed by atoms with Crippen molar-refractivity contribution in [1.29, 1.82) is 0 Å². The summed E-state index contributed by atoms with van der Waals surface area (Å²) in [6.07, 6.45) is 4.92. The number of amides is 2. The Balaban J connectivity index is 1.75. The molecule has 0 aliphatic carbocycles. The molecule has 1 N–H and O–H groups in total. The smallest absolute Gasteiger partial charge is 0.257 e. The van der Waals surface area contributed by atoms with Crippen molar-refractivity contribution in [1.82, 2.24) is 9.88 Å². The van der Waals surface area contributed by atoms with E-state index in [0.29, 0.717) is 18.0 Å². The van der Waals surface area contributed by atoms with Crippen LogP contribution >= 0.6 is 0 Å². The van der Waals surface area contributed by atoms with E-state index in [0.717, 1.165) is 19.4 Å². The van der Waals surface area contributed by atoms with Gasteiger partial charge in [-0.25, -0.2) is 4.39 Å². The van der Waals surface area contributed by atoms with E-state index in [1.54, 1.807) is 17.0 Å². The van der Waals surface area contributed by atoms with Crippen LogP contribution in [0.4, 0.5) is 10.1 Å². The molecule has 1 aliphatic heterocycles. The summed E-state index contributed by atoms with van der Waals surface area (Å²) >= 11 is 0. The summed E-state index contributed by atoms with van der Waals surface area (Å²) in [6, 6.07) is 7.43. The Hall–Kier alpha value is -2.76. The highest BCUT2D eigenvalue weighted by atomic mass is 19.1. The van der Waals surface area contributed by atoms with Crippen molar-refractivity contribution >= 4 is 17.5 Å². The first-order chi connectivity index (χ1) is 12.0. The lowest BCUT2D eigenvalue weighted by Gasteiger charge is -2.30. The van der Waals surface area contributed by atoms with E-state index in [4.69, 9.17) is 0 Å². The number of benzene rings is 1. The summed E-state index contributed by atoms with van der Waals surface area (Å²) in [5, 5.41) is 2.50. The third-order valence-electron chi connectivity index (χ3n) is 4.31. The van der Waals surface area contributed by atoms with Crippen molar-refractivity contribution in [3.05, 3.63) is 59.7 Å². The zero-order chi connectivity index (χ0) is 17.8. The third kappa shape index (κ3) is 4.02. The molecule has 0 radical (unpaired) electrons. The molecule has 1 aromatic heterocycles. The van der Waals surface area contributed by atoms with Gasteiger partial charge in [-0.1, -0.05) is 19.1 Å². The van der Waals surface area contributed by atoms with Crippen LogP contribution in [0, 0.1) is 11.7 Å². The molecule has 3 rings (SSSR count). The second-order valence-electron chi connectivity index (χ2n) is 6.39. The van der Waals surface area contributed by atoms with Crippen LogP contribution in [0.1, 0.15) is 40.5 Å². The van der Waals surface area contributed by atoms with Gasteiger partial charge in [-0.15, -0.1) is 0 Å². The quantitative estimate of drug-likeness (QED) is 0.931. The van der Waals surface area contributed by atoms with Crippen LogP contribution in [0.2, 0.25) is 0 Å². The molecular weight excluding hydrogens is 321 g/mol. The number of nitrogens with zero attached hydrogens (tertiary/aromatic N) is 2. The highest BCUT2D eigenvalue weighted by molar-refractivity contribution is 6.05. The Morgan fingerprint density at radius 3 is 2.76 bits per heavy atom. The molecule has 1 atom stereocenters. The van der Waals surface area contributed by atoms with Crippen molar-refractivity contribution in [2.24, 2.45) is 5.92 Å². The van der Waals surface area contributed by atoms with Crippen LogP contribution in [-0.2, 0) is 0 Å². The minimum Gasteiger partial charge on any atom is -0.338 e. The molecule has 2 aromatic rings. The molecule has 6 heteroatoms. The van der Waals surface area contributed by atoms with E-state index in [1.165, 1.54) is 30.6 Å². The highest BCUT2D eigenvalue weighted by Crippen LogP contribution is 2.19. The molecule has 1 aromatic carbocycles. The average Bonchev–Trinajstić information content (AvgIpc) is 2.63. The van der Waals surface area contributed by atoms with Gasteiger partial charge in [0, 0.05) is 25.5 Å². The molecule has 0 spiro atoms. The van der Waals surface area contributed by atoms with Crippen LogP contribution in [-0.4, -0.2) is 34.8 Å². The Kier molecular flexibility index (Phi) is 5.07. The third-order valence-corrected chi connectivity index (χ3v) is 4.31. The number of hydrogen-bond acceptors (Lipinski definition) is 3. The van der Waals surface area contributed by atoms with Crippen molar-refractivity contribution in [2.45, 2.75) is 19.8 Å². The molecule has 25 heavy (non-hydrogen) atoms. The van der Waals surface area contributed by atoms with E-state index >= 15 is 0 Å². The van der Waals surface area contributed by atoms with Crippen molar-refractivity contribution in [2.75, 3.05) is 18.4 Å². The number of nitrogens with one attached hydrogen (secondary N) is 1. The summed E-state index contributed by atoms with van der Waals surface area (Å²) in [6.45, 7) is 3.55. The fraction of sp³-hybridized carbons (Fsp3) is 0.316. The van der Waals surface area contributed by atoms with E-state index < -0.39 is 11.7 Å². The van der Waals surface area contributed by atoms with Crippen LogP contribution < -0.4 is 5.32 Å². The van der Waals surface area contributed by atoms with Crippen LogP contribution in [0.3, 0.4) is 0 Å². The number of anilines is 1. The van der Waals surface area contributed by atoms with Crippen LogP contribution in [0.15, 0.2) is 42.7 Å². The molecule has 2 amide bonds. The summed E-state index contributed by atoms with van der Waals surface area (Å²) in [5.41, 5.74) is 0.684. The number of hydrogen-bond donors (Lipinski definition) is 1. The first-order valence-electron chi connectivity index (χ1n) is 8.35. The number of pyridine rings is 1. The van der Waals surface area contributed by atoms with E-state index in [-0.39, 0.29) is 17.2 Å². The second-order valence-corrected chi connectivity index (χ2v) is 6.39. The lowest BCUT2D eigenvalue weighted by molar-refractivity contribution is 0.0682. The van der Waals surface area contributed by atoms with Crippen LogP contribution in [0.25, 0.3) is 0 Å². The molecule has 0 bridgehead atoms. The molecule has 1 saturated heterocycles. The van der Waals surface area contributed by atoms with Gasteiger partial charge in [-0.05, 0) is 37.0 Å². The van der Waals surface area contributed by atoms with Gasteiger partial charge in [0.15, 0.2) is 0 Å². The molecule has 2 heterocycles. The maximum absolute atomic E-state index is 13.7. The number of aromatic nitrogens is 1. The van der Waals surface area contributed by atoms with Crippen molar-refractivity contribution < 1.29 is 14.0 Å². The molecule has 1 fully saturated rings. The lowest BCUT2D eigenvalue weighted by atomic mass is 9.99. The first kappa shape index (κ1) is 17.1. The Bertz CT molecular complexity index is 794. The average molecular weight is 341 g/mol. The summed E-state index contributed by atoms with van der Waals surface area (Å²) in [7, 11) is 0. The zero-order valence-electron chi connectivity index (χ0n) is 14.0. The SMILES string of the molecule is CC1CCCN(C(=O)c2cncc(C(=O)Nc3ccccc3F)c2)C1. The van der Waals surface area contributed by atoms with E-state index in [9.17, 15) is 14.0 Å². The molecule has 130 valence electrons. The van der Waals surface area contributed by atoms with E-state index in [1.807, 2.05) is 0 Å². The standard InChI is InChI=1S/C19H20FN3O2/c1-13-5-4-8-23(12-13)19(25)15-9-14(10-21-11-15)18(24)22-17-7-3-2-6-16(17)20/h2-3,6-7,9-11,13H,4-5,8,12H2,1H3,(H,22,24). The molecule has 5 nitrogen and oxygen atoms in total. The summed E-state index contributed by atoms with van der Waals surface area (Å²) < 4.78 is 13.7. The molecular formula is C19H20FN3O2. The number of halogens is 1. The Labute approximate surface area is 145 Å². The number of rotatable bonds is 3. The summed E-state index contributed by atoms with van der Waals surface area (Å²) in [4.78, 5) is 30.8. The minimum atomic E-state index is -0.515. The lowest BCUT2D eigenvalue weighted by Crippen LogP contribution is -2.39. The van der Waals surface area contributed by atoms with Crippen molar-refractivity contribution in [3.8, 4) is 0 Å². The molecule has 0 saturated carbocycles. The predicted octanol–water partition coefficient (Wildman–Crippen LogP) is 3.35. The fourth-order valence-electron chi connectivity index (χ4n) is 2.99. The summed E-state index contributed by atoms with van der Waals surface area (Å²) in [5.74, 6) is -0.671. The highest BCUT2D eigenvalue weighted by Gasteiger charge is 2.23. The minimum absolute atomic E-state index is 0.0917. The van der Waals surface area contributed by atoms with Gasteiger partial charge >= 0.3 is 0 Å². The largest absolute Gasteiger partial charge is 0.338 e. The van der Waals surface area contributed by atoms with Gasteiger partial charge in [-0.2, -0.15) is 0 Å². The number of para-hydroxylation sites is 1. The molecule has 1 unspecified atom stereocenters. The monoisotopic (exact) mass is 341 g/mol. The van der Waals surface area contributed by atoms with Gasteiger partial charge < -0.3 is 10.2 Å². The van der Waals surface area contributed by atoms with Gasteiger partial charge in [0.25, 0.3) is 11.8 Å². The number of likely N-dealkylation sites (tertiary alicyclic amines) is 1.